The van der Waals surface area contributed by atoms with Gasteiger partial charge < -0.3 is 4.74 Å². The van der Waals surface area contributed by atoms with Crippen molar-refractivity contribution < 1.29 is 4.74 Å². The molecule has 27 heavy (non-hydrogen) atoms. The van der Waals surface area contributed by atoms with Crippen molar-refractivity contribution in [2.24, 2.45) is 0 Å². The highest BCUT2D eigenvalue weighted by atomic mass is 79.9. The number of hydrogen-bond acceptors (Lipinski definition) is 3. The number of thiophene rings is 1. The van der Waals surface area contributed by atoms with Crippen LogP contribution in [0.2, 0.25) is 25.7 Å². The lowest BCUT2D eigenvalue weighted by Crippen LogP contribution is -2.22. The van der Waals surface area contributed by atoms with Crippen molar-refractivity contribution in [3.63, 3.8) is 0 Å². The Balaban J connectivity index is 1.64. The molecule has 0 atom stereocenters. The first-order chi connectivity index (χ1) is 12.9. The molecule has 2 aromatic carbocycles. The van der Waals surface area contributed by atoms with E-state index >= 15 is 0 Å². The van der Waals surface area contributed by atoms with Crippen molar-refractivity contribution in [3.8, 4) is 10.4 Å². The number of fused-ring (bicyclic) bond motifs is 2. The Labute approximate surface area is 173 Å². The van der Waals surface area contributed by atoms with Gasteiger partial charge in [-0.3, -0.25) is 0 Å². The van der Waals surface area contributed by atoms with Gasteiger partial charge in [0.15, 0.2) is 0 Å². The lowest BCUT2D eigenvalue weighted by Gasteiger charge is -2.15. The number of aromatic nitrogens is 2. The average molecular weight is 459 g/mol. The number of hydrogen-bond donors (Lipinski definition) is 0. The minimum atomic E-state index is -1.06. The summed E-state index contributed by atoms with van der Waals surface area (Å²) < 4.78 is 10.2. The van der Waals surface area contributed by atoms with Gasteiger partial charge in [-0.05, 0) is 35.7 Å². The van der Waals surface area contributed by atoms with Crippen LogP contribution < -0.4 is 0 Å². The van der Waals surface area contributed by atoms with E-state index in [4.69, 9.17) is 9.84 Å². The quantitative estimate of drug-likeness (QED) is 0.229. The Bertz CT molecular complexity index is 1060. The largest absolute Gasteiger partial charge is 0.360 e. The topological polar surface area (TPSA) is 27.1 Å². The summed E-state index contributed by atoms with van der Waals surface area (Å²) >= 11 is 5.47. The molecule has 0 radical (unpaired) electrons. The van der Waals surface area contributed by atoms with E-state index in [0.29, 0.717) is 6.73 Å². The summed E-state index contributed by atoms with van der Waals surface area (Å²) in [6.07, 6.45) is 2.07. The standard InChI is InChI=1S/C21H23BrN2OSSi/c1-27(2,3)9-8-25-14-24-13-16-10-17(22)12-18(21(16)23-24)20-11-15-6-4-5-7-19(15)26-20/h4-7,10-13H,8-9,14H2,1-3H3. The number of halogens is 1. The second kappa shape index (κ2) is 7.51. The van der Waals surface area contributed by atoms with Crippen molar-refractivity contribution in [1.82, 2.24) is 9.78 Å². The molecule has 0 N–H and O–H groups in total. The summed E-state index contributed by atoms with van der Waals surface area (Å²) in [5.74, 6) is 0. The molecule has 4 rings (SSSR count). The molecule has 4 aromatic rings. The van der Waals surface area contributed by atoms with Gasteiger partial charge in [-0.2, -0.15) is 5.10 Å². The molecule has 0 saturated carbocycles. The highest BCUT2D eigenvalue weighted by Gasteiger charge is 2.14. The van der Waals surface area contributed by atoms with E-state index in [-0.39, 0.29) is 0 Å². The third-order valence-corrected chi connectivity index (χ3v) is 7.84. The molecule has 0 unspecified atom stereocenters. The SMILES string of the molecule is C[Si](C)(C)CCOCn1cc2cc(Br)cc(-c3cc4ccccc4s3)c2n1. The number of rotatable bonds is 6. The van der Waals surface area contributed by atoms with Crippen molar-refractivity contribution in [2.45, 2.75) is 32.4 Å². The van der Waals surface area contributed by atoms with Gasteiger partial charge in [0.25, 0.3) is 0 Å². The molecule has 2 aromatic heterocycles. The van der Waals surface area contributed by atoms with Crippen LogP contribution in [0.25, 0.3) is 31.4 Å². The molecule has 0 saturated heterocycles. The molecule has 0 aliphatic heterocycles. The van der Waals surface area contributed by atoms with Crippen molar-refractivity contribution >= 4 is 56.3 Å². The fourth-order valence-corrected chi connectivity index (χ4v) is 5.37. The zero-order chi connectivity index (χ0) is 19.0. The zero-order valence-corrected chi connectivity index (χ0v) is 19.2. The van der Waals surface area contributed by atoms with Gasteiger partial charge in [0.05, 0.1) is 0 Å². The molecule has 3 nitrogen and oxygen atoms in total. The van der Waals surface area contributed by atoms with Crippen LogP contribution in [0.3, 0.4) is 0 Å². The van der Waals surface area contributed by atoms with Gasteiger partial charge in [0.1, 0.15) is 12.2 Å². The zero-order valence-electron chi connectivity index (χ0n) is 15.8. The van der Waals surface area contributed by atoms with Gasteiger partial charge in [0, 0.05) is 45.9 Å². The lowest BCUT2D eigenvalue weighted by molar-refractivity contribution is 0.0791. The van der Waals surface area contributed by atoms with Crippen molar-refractivity contribution in [2.75, 3.05) is 6.61 Å². The Kier molecular flexibility index (Phi) is 5.25. The second-order valence-electron chi connectivity index (χ2n) is 8.06. The normalized spacial score (nSPS) is 12.3. The molecule has 0 aliphatic carbocycles. The smallest absolute Gasteiger partial charge is 0.139 e. The Hall–Kier alpha value is -1.47. The van der Waals surface area contributed by atoms with Crippen LogP contribution in [0.1, 0.15) is 0 Å². The van der Waals surface area contributed by atoms with Crippen LogP contribution in [0.4, 0.5) is 0 Å². The molecular formula is C21H23BrN2OSSi. The van der Waals surface area contributed by atoms with E-state index in [1.807, 2.05) is 16.0 Å². The minimum Gasteiger partial charge on any atom is -0.360 e. The molecular weight excluding hydrogens is 436 g/mol. The predicted molar refractivity (Wildman–Crippen MR) is 122 cm³/mol. The third-order valence-electron chi connectivity index (χ3n) is 4.53. The van der Waals surface area contributed by atoms with E-state index in [1.165, 1.54) is 26.6 Å². The minimum absolute atomic E-state index is 0.503. The van der Waals surface area contributed by atoms with Crippen LogP contribution in [-0.2, 0) is 11.5 Å². The molecule has 0 amide bonds. The molecule has 140 valence electrons. The highest BCUT2D eigenvalue weighted by molar-refractivity contribution is 9.10. The summed E-state index contributed by atoms with van der Waals surface area (Å²) in [5, 5.41) is 7.23. The van der Waals surface area contributed by atoms with Crippen LogP contribution >= 0.6 is 27.3 Å². The van der Waals surface area contributed by atoms with Crippen LogP contribution in [-0.4, -0.2) is 24.5 Å². The van der Waals surface area contributed by atoms with Gasteiger partial charge >= 0.3 is 0 Å². The Morgan fingerprint density at radius 3 is 2.70 bits per heavy atom. The van der Waals surface area contributed by atoms with Crippen molar-refractivity contribution in [3.05, 3.63) is 53.1 Å². The van der Waals surface area contributed by atoms with Crippen LogP contribution in [0.5, 0.6) is 0 Å². The van der Waals surface area contributed by atoms with Crippen molar-refractivity contribution in [1.29, 1.82) is 0 Å². The molecule has 6 heteroatoms. The van der Waals surface area contributed by atoms with Crippen LogP contribution in [0, 0.1) is 0 Å². The molecule has 0 bridgehead atoms. The van der Waals surface area contributed by atoms with E-state index in [0.717, 1.165) is 22.0 Å². The first-order valence-corrected chi connectivity index (χ1v) is 14.4. The second-order valence-corrected chi connectivity index (χ2v) is 15.7. The number of nitrogens with zero attached hydrogens (tertiary/aromatic N) is 2. The van der Waals surface area contributed by atoms with Crippen LogP contribution in [0.15, 0.2) is 53.1 Å². The molecule has 0 fully saturated rings. The molecule has 0 spiro atoms. The van der Waals surface area contributed by atoms with E-state index in [9.17, 15) is 0 Å². The van der Waals surface area contributed by atoms with Gasteiger partial charge in [-0.1, -0.05) is 53.8 Å². The summed E-state index contributed by atoms with van der Waals surface area (Å²) in [4.78, 5) is 1.24. The van der Waals surface area contributed by atoms with E-state index in [2.05, 4.69) is 84.2 Å². The maximum Gasteiger partial charge on any atom is 0.139 e. The van der Waals surface area contributed by atoms with Gasteiger partial charge in [-0.25, -0.2) is 4.68 Å². The molecule has 0 aliphatic rings. The number of benzene rings is 2. The predicted octanol–water partition coefficient (Wildman–Crippen LogP) is 6.99. The maximum absolute atomic E-state index is 5.88. The third kappa shape index (κ3) is 4.34. The Morgan fingerprint density at radius 2 is 1.93 bits per heavy atom. The lowest BCUT2D eigenvalue weighted by atomic mass is 10.1. The fraction of sp³-hybridized carbons (Fsp3) is 0.286. The summed E-state index contributed by atoms with van der Waals surface area (Å²) in [5.41, 5.74) is 2.19. The fourth-order valence-electron chi connectivity index (χ4n) is 3.05. The average Bonchev–Trinajstić information content (AvgIpc) is 3.20. The number of ether oxygens (including phenoxy) is 1. The summed E-state index contributed by atoms with van der Waals surface area (Å²) in [7, 11) is -1.06. The summed E-state index contributed by atoms with van der Waals surface area (Å²) in [6.45, 7) is 8.41. The van der Waals surface area contributed by atoms with Gasteiger partial charge in [0.2, 0.25) is 0 Å². The first-order valence-electron chi connectivity index (χ1n) is 9.12. The Morgan fingerprint density at radius 1 is 1.11 bits per heavy atom. The van der Waals surface area contributed by atoms with E-state index in [1.54, 1.807) is 0 Å². The first kappa shape index (κ1) is 18.9. The molecule has 2 heterocycles. The highest BCUT2D eigenvalue weighted by Crippen LogP contribution is 2.38. The van der Waals surface area contributed by atoms with Gasteiger partial charge in [-0.15, -0.1) is 11.3 Å². The monoisotopic (exact) mass is 458 g/mol. The van der Waals surface area contributed by atoms with E-state index < -0.39 is 8.07 Å². The maximum atomic E-state index is 5.88. The summed E-state index contributed by atoms with van der Waals surface area (Å²) in [6, 6.07) is 16.2.